The number of phenols is 1. The molecule has 3 aromatic rings. The van der Waals surface area contributed by atoms with Gasteiger partial charge in [0.1, 0.15) is 17.0 Å². The van der Waals surface area contributed by atoms with E-state index >= 15 is 0 Å². The van der Waals surface area contributed by atoms with Gasteiger partial charge in [0.15, 0.2) is 0 Å². The standard InChI is InChI=1S/C16H17N3O/c1-2-3-7-12-8-6-11-15(16(12)20)19-14-10-5-4-9-13(14)17-18-19/h4-6,8-11,20H,2-3,7H2,1H3. The molecular formula is C16H17N3O. The van der Waals surface area contributed by atoms with Crippen molar-refractivity contribution in [3.8, 4) is 11.4 Å². The van der Waals surface area contributed by atoms with Crippen LogP contribution in [0, 0.1) is 0 Å². The highest BCUT2D eigenvalue weighted by Crippen LogP contribution is 2.28. The highest BCUT2D eigenvalue weighted by atomic mass is 16.3. The summed E-state index contributed by atoms with van der Waals surface area (Å²) in [5.41, 5.74) is 3.37. The van der Waals surface area contributed by atoms with Crippen LogP contribution in [0.3, 0.4) is 0 Å². The van der Waals surface area contributed by atoms with E-state index in [2.05, 4.69) is 17.2 Å². The van der Waals surface area contributed by atoms with E-state index in [-0.39, 0.29) is 0 Å². The number of phenolic OH excluding ortho intramolecular Hbond substituents is 1. The second-order valence-corrected chi connectivity index (χ2v) is 4.88. The predicted molar refractivity (Wildman–Crippen MR) is 79.1 cm³/mol. The van der Waals surface area contributed by atoms with Gasteiger partial charge in [0.25, 0.3) is 0 Å². The summed E-state index contributed by atoms with van der Waals surface area (Å²) in [4.78, 5) is 0. The number of hydrogen-bond donors (Lipinski definition) is 1. The van der Waals surface area contributed by atoms with E-state index in [4.69, 9.17) is 0 Å². The molecule has 0 aliphatic heterocycles. The zero-order valence-corrected chi connectivity index (χ0v) is 11.5. The van der Waals surface area contributed by atoms with Gasteiger partial charge < -0.3 is 5.11 Å². The fourth-order valence-corrected chi connectivity index (χ4v) is 2.36. The zero-order chi connectivity index (χ0) is 13.9. The van der Waals surface area contributed by atoms with Crippen LogP contribution < -0.4 is 0 Å². The van der Waals surface area contributed by atoms with Crippen LogP contribution in [0.1, 0.15) is 25.3 Å². The first-order valence-corrected chi connectivity index (χ1v) is 6.93. The molecule has 0 saturated carbocycles. The topological polar surface area (TPSA) is 50.9 Å². The van der Waals surface area contributed by atoms with E-state index in [1.165, 1.54) is 0 Å². The minimum atomic E-state index is 0.302. The number of aryl methyl sites for hydroxylation is 1. The summed E-state index contributed by atoms with van der Waals surface area (Å²) in [6.07, 6.45) is 3.05. The smallest absolute Gasteiger partial charge is 0.144 e. The molecule has 0 radical (unpaired) electrons. The van der Waals surface area contributed by atoms with Crippen LogP contribution in [-0.4, -0.2) is 20.1 Å². The van der Waals surface area contributed by atoms with E-state index in [0.29, 0.717) is 11.4 Å². The molecule has 2 aromatic carbocycles. The lowest BCUT2D eigenvalue weighted by atomic mass is 10.1. The lowest BCUT2D eigenvalue weighted by Gasteiger charge is -2.09. The van der Waals surface area contributed by atoms with Gasteiger partial charge in [-0.3, -0.25) is 0 Å². The van der Waals surface area contributed by atoms with Crippen molar-refractivity contribution in [3.05, 3.63) is 48.0 Å². The molecule has 0 spiro atoms. The molecule has 0 saturated heterocycles. The first kappa shape index (κ1) is 12.7. The Balaban J connectivity index is 2.10. The average Bonchev–Trinajstić information content (AvgIpc) is 2.90. The van der Waals surface area contributed by atoms with Crippen molar-refractivity contribution in [2.75, 3.05) is 0 Å². The van der Waals surface area contributed by atoms with Crippen LogP contribution in [0.4, 0.5) is 0 Å². The molecule has 1 aromatic heterocycles. The molecule has 0 bridgehead atoms. The van der Waals surface area contributed by atoms with Crippen molar-refractivity contribution < 1.29 is 5.11 Å². The molecule has 0 unspecified atom stereocenters. The second-order valence-electron chi connectivity index (χ2n) is 4.88. The molecule has 102 valence electrons. The largest absolute Gasteiger partial charge is 0.505 e. The van der Waals surface area contributed by atoms with E-state index in [9.17, 15) is 5.11 Å². The van der Waals surface area contributed by atoms with Crippen molar-refractivity contribution in [1.29, 1.82) is 0 Å². The first-order valence-electron chi connectivity index (χ1n) is 6.93. The van der Waals surface area contributed by atoms with Crippen LogP contribution in [0.5, 0.6) is 5.75 Å². The quantitative estimate of drug-likeness (QED) is 0.787. The van der Waals surface area contributed by atoms with Gasteiger partial charge in [0.05, 0.1) is 5.52 Å². The van der Waals surface area contributed by atoms with Gasteiger partial charge in [0.2, 0.25) is 0 Å². The van der Waals surface area contributed by atoms with Gasteiger partial charge >= 0.3 is 0 Å². The van der Waals surface area contributed by atoms with Crippen molar-refractivity contribution in [3.63, 3.8) is 0 Å². The van der Waals surface area contributed by atoms with Crippen LogP contribution in [0.2, 0.25) is 0 Å². The van der Waals surface area contributed by atoms with Crippen molar-refractivity contribution in [2.24, 2.45) is 0 Å². The summed E-state index contributed by atoms with van der Waals surface area (Å²) >= 11 is 0. The summed E-state index contributed by atoms with van der Waals surface area (Å²) in [5, 5.41) is 18.7. The summed E-state index contributed by atoms with van der Waals surface area (Å²) in [7, 11) is 0. The maximum atomic E-state index is 10.5. The van der Waals surface area contributed by atoms with E-state index in [0.717, 1.165) is 35.9 Å². The fourth-order valence-electron chi connectivity index (χ4n) is 2.36. The van der Waals surface area contributed by atoms with Crippen LogP contribution in [0.15, 0.2) is 42.5 Å². The number of para-hydroxylation sites is 2. The third-order valence-electron chi connectivity index (χ3n) is 3.48. The minimum absolute atomic E-state index is 0.302. The lowest BCUT2D eigenvalue weighted by Crippen LogP contribution is -1.99. The highest BCUT2D eigenvalue weighted by molar-refractivity contribution is 5.76. The fraction of sp³-hybridized carbons (Fsp3) is 0.250. The molecule has 4 nitrogen and oxygen atoms in total. The van der Waals surface area contributed by atoms with Crippen molar-refractivity contribution in [2.45, 2.75) is 26.2 Å². The van der Waals surface area contributed by atoms with Gasteiger partial charge in [-0.05, 0) is 36.6 Å². The van der Waals surface area contributed by atoms with E-state index < -0.39 is 0 Å². The molecule has 1 N–H and O–H groups in total. The Kier molecular flexibility index (Phi) is 3.37. The van der Waals surface area contributed by atoms with Crippen LogP contribution >= 0.6 is 0 Å². The van der Waals surface area contributed by atoms with Crippen LogP contribution in [0.25, 0.3) is 16.7 Å². The van der Waals surface area contributed by atoms with Gasteiger partial charge in [-0.25, -0.2) is 4.68 Å². The number of benzene rings is 2. The molecule has 1 heterocycles. The molecule has 0 aliphatic rings. The third-order valence-corrected chi connectivity index (χ3v) is 3.48. The van der Waals surface area contributed by atoms with Gasteiger partial charge in [0, 0.05) is 0 Å². The summed E-state index contributed by atoms with van der Waals surface area (Å²) in [5.74, 6) is 0.302. The third kappa shape index (κ3) is 2.13. The Morgan fingerprint density at radius 3 is 2.80 bits per heavy atom. The normalized spacial score (nSPS) is 11.1. The minimum Gasteiger partial charge on any atom is -0.505 e. The number of rotatable bonds is 4. The maximum Gasteiger partial charge on any atom is 0.144 e. The monoisotopic (exact) mass is 267 g/mol. The number of unbranched alkanes of at least 4 members (excludes halogenated alkanes) is 1. The SMILES string of the molecule is CCCCc1cccc(-n2nnc3ccccc32)c1O. The maximum absolute atomic E-state index is 10.5. The number of aromatic nitrogens is 3. The number of fused-ring (bicyclic) bond motifs is 1. The Bertz CT molecular complexity index is 733. The Morgan fingerprint density at radius 2 is 1.95 bits per heavy atom. The first-order chi connectivity index (χ1) is 9.81. The average molecular weight is 267 g/mol. The number of aromatic hydroxyl groups is 1. The molecule has 0 amide bonds. The molecule has 0 aliphatic carbocycles. The lowest BCUT2D eigenvalue weighted by molar-refractivity contribution is 0.462. The molecule has 0 atom stereocenters. The number of nitrogens with zero attached hydrogens (tertiary/aromatic N) is 3. The Hall–Kier alpha value is -2.36. The summed E-state index contributed by atoms with van der Waals surface area (Å²) < 4.78 is 1.69. The molecule has 3 rings (SSSR count). The second kappa shape index (κ2) is 5.33. The van der Waals surface area contributed by atoms with E-state index in [1.54, 1.807) is 4.68 Å². The van der Waals surface area contributed by atoms with Gasteiger partial charge in [-0.2, -0.15) is 0 Å². The summed E-state index contributed by atoms with van der Waals surface area (Å²) in [6.45, 7) is 2.14. The summed E-state index contributed by atoms with van der Waals surface area (Å²) in [6, 6.07) is 13.5. The molecule has 0 fully saturated rings. The molecular weight excluding hydrogens is 250 g/mol. The Labute approximate surface area is 117 Å². The number of hydrogen-bond acceptors (Lipinski definition) is 3. The molecule has 4 heteroatoms. The highest BCUT2D eigenvalue weighted by Gasteiger charge is 2.12. The van der Waals surface area contributed by atoms with Gasteiger partial charge in [-0.15, -0.1) is 5.10 Å². The zero-order valence-electron chi connectivity index (χ0n) is 11.5. The van der Waals surface area contributed by atoms with Gasteiger partial charge in [-0.1, -0.05) is 42.8 Å². The molecule has 20 heavy (non-hydrogen) atoms. The van der Waals surface area contributed by atoms with Crippen LogP contribution in [-0.2, 0) is 6.42 Å². The van der Waals surface area contributed by atoms with Crippen molar-refractivity contribution in [1.82, 2.24) is 15.0 Å². The van der Waals surface area contributed by atoms with Crippen molar-refractivity contribution >= 4 is 11.0 Å². The Morgan fingerprint density at radius 1 is 1.10 bits per heavy atom. The van der Waals surface area contributed by atoms with E-state index in [1.807, 2.05) is 42.5 Å². The predicted octanol–water partition coefficient (Wildman–Crippen LogP) is 3.47.